The Labute approximate surface area is 120 Å². The molecule has 8 nitrogen and oxygen atoms in total. The first kappa shape index (κ1) is 15.4. The van der Waals surface area contributed by atoms with Crippen molar-refractivity contribution in [1.82, 2.24) is 9.78 Å². The average molecular weight is 334 g/mol. The van der Waals surface area contributed by atoms with Gasteiger partial charge in [0.15, 0.2) is 0 Å². The minimum absolute atomic E-state index is 0.110. The molecule has 114 valence electrons. The second-order valence-electron chi connectivity index (χ2n) is 4.15. The summed E-state index contributed by atoms with van der Waals surface area (Å²) in [5.41, 5.74) is -0.135. The number of aryl methyl sites for hydroxylation is 1. The van der Waals surface area contributed by atoms with Crippen molar-refractivity contribution >= 4 is 25.7 Å². The van der Waals surface area contributed by atoms with Crippen molar-refractivity contribution in [3.8, 4) is 0 Å². The lowest BCUT2D eigenvalue weighted by Gasteiger charge is -2.07. The smallest absolute Gasteiger partial charge is 0.265 e. The van der Waals surface area contributed by atoms with Crippen molar-refractivity contribution in [2.45, 2.75) is 9.79 Å². The third-order valence-corrected chi connectivity index (χ3v) is 4.76. The first-order valence-corrected chi connectivity index (χ1v) is 8.46. The molecule has 0 atom stereocenters. The summed E-state index contributed by atoms with van der Waals surface area (Å²) < 4.78 is 63.1. The van der Waals surface area contributed by atoms with E-state index in [9.17, 15) is 21.2 Å². The maximum Gasteiger partial charge on any atom is 0.265 e. The van der Waals surface area contributed by atoms with Crippen molar-refractivity contribution < 1.29 is 21.2 Å². The van der Waals surface area contributed by atoms with Crippen molar-refractivity contribution in [2.75, 3.05) is 4.72 Å². The third-order valence-electron chi connectivity index (χ3n) is 2.48. The van der Waals surface area contributed by atoms with Crippen LogP contribution in [0.2, 0.25) is 0 Å². The standard InChI is InChI=1S/C10H11FN4O4S2/c1-15-6-8(5-13-15)21(18,19)14-7-2-3-10(9(11)4-7)20(12,16)17/h2-6,14H,1H3,(H2,12,16,17). The minimum Gasteiger partial charge on any atom is -0.279 e. The maximum absolute atomic E-state index is 13.6. The number of benzene rings is 1. The Hall–Kier alpha value is -1.98. The Kier molecular flexibility index (Phi) is 3.74. The van der Waals surface area contributed by atoms with E-state index in [1.807, 2.05) is 0 Å². The number of nitrogens with zero attached hydrogens (tertiary/aromatic N) is 2. The normalized spacial score (nSPS) is 12.3. The van der Waals surface area contributed by atoms with E-state index in [1.165, 1.54) is 10.9 Å². The van der Waals surface area contributed by atoms with E-state index in [2.05, 4.69) is 9.82 Å². The van der Waals surface area contributed by atoms with Gasteiger partial charge in [0.05, 0.1) is 11.9 Å². The summed E-state index contributed by atoms with van der Waals surface area (Å²) in [5.74, 6) is -1.15. The highest BCUT2D eigenvalue weighted by Gasteiger charge is 2.19. The van der Waals surface area contributed by atoms with Crippen molar-refractivity contribution in [3.63, 3.8) is 0 Å². The second-order valence-corrected chi connectivity index (χ2v) is 7.36. The van der Waals surface area contributed by atoms with Crippen LogP contribution >= 0.6 is 0 Å². The van der Waals surface area contributed by atoms with Gasteiger partial charge in [0.1, 0.15) is 15.6 Å². The lowest BCUT2D eigenvalue weighted by molar-refractivity contribution is 0.568. The van der Waals surface area contributed by atoms with Crippen LogP contribution in [0, 0.1) is 5.82 Å². The summed E-state index contributed by atoms with van der Waals surface area (Å²) in [6, 6.07) is 2.70. The van der Waals surface area contributed by atoms with Gasteiger partial charge in [-0.05, 0) is 18.2 Å². The van der Waals surface area contributed by atoms with Gasteiger partial charge in [-0.25, -0.2) is 26.4 Å². The molecule has 0 amide bonds. The molecular weight excluding hydrogens is 323 g/mol. The highest BCUT2D eigenvalue weighted by atomic mass is 32.2. The van der Waals surface area contributed by atoms with Gasteiger partial charge in [-0.3, -0.25) is 9.40 Å². The van der Waals surface area contributed by atoms with Gasteiger partial charge in [0, 0.05) is 13.2 Å². The molecular formula is C10H11FN4O4S2. The van der Waals surface area contributed by atoms with Crippen molar-refractivity contribution in [3.05, 3.63) is 36.4 Å². The zero-order valence-electron chi connectivity index (χ0n) is 10.7. The number of nitrogens with two attached hydrogens (primary N) is 1. The number of anilines is 1. The van der Waals surface area contributed by atoms with E-state index in [1.54, 1.807) is 7.05 Å². The molecule has 1 heterocycles. The molecule has 3 N–H and O–H groups in total. The molecule has 0 bridgehead atoms. The van der Waals surface area contributed by atoms with E-state index in [4.69, 9.17) is 5.14 Å². The zero-order valence-corrected chi connectivity index (χ0v) is 12.3. The Bertz CT molecular complexity index is 890. The number of primary sulfonamides is 1. The fraction of sp³-hybridized carbons (Fsp3) is 0.100. The molecule has 2 rings (SSSR count). The van der Waals surface area contributed by atoms with Gasteiger partial charge in [-0.1, -0.05) is 0 Å². The number of rotatable bonds is 4. The minimum atomic E-state index is -4.21. The first-order chi connectivity index (χ1) is 9.59. The molecule has 11 heteroatoms. The van der Waals surface area contributed by atoms with Crippen molar-refractivity contribution in [1.29, 1.82) is 0 Å². The molecule has 0 fully saturated rings. The van der Waals surface area contributed by atoms with Crippen molar-refractivity contribution in [2.24, 2.45) is 12.2 Å². The number of nitrogens with one attached hydrogen (secondary N) is 1. The molecule has 2 aromatic rings. The van der Waals surface area contributed by atoms with Gasteiger partial charge in [-0.2, -0.15) is 5.10 Å². The van der Waals surface area contributed by atoms with Crippen LogP contribution in [0.1, 0.15) is 0 Å². The molecule has 0 spiro atoms. The highest BCUT2D eigenvalue weighted by Crippen LogP contribution is 2.20. The zero-order chi connectivity index (χ0) is 15.8. The quantitative estimate of drug-likeness (QED) is 0.815. The Morgan fingerprint density at radius 2 is 1.95 bits per heavy atom. The number of halogens is 1. The van der Waals surface area contributed by atoms with Gasteiger partial charge in [0.2, 0.25) is 10.0 Å². The van der Waals surface area contributed by atoms with Crippen LogP contribution < -0.4 is 9.86 Å². The van der Waals surface area contributed by atoms with E-state index < -0.39 is 30.8 Å². The SMILES string of the molecule is Cn1cc(S(=O)(=O)Nc2ccc(S(N)(=O)=O)c(F)c2)cn1. The summed E-state index contributed by atoms with van der Waals surface area (Å²) in [6.07, 6.45) is 2.38. The van der Waals surface area contributed by atoms with Crippen LogP contribution in [0.25, 0.3) is 0 Å². The fourth-order valence-electron chi connectivity index (χ4n) is 1.55. The van der Waals surface area contributed by atoms with Gasteiger partial charge in [-0.15, -0.1) is 0 Å². The summed E-state index contributed by atoms with van der Waals surface area (Å²) in [5, 5.41) is 8.53. The monoisotopic (exact) mass is 334 g/mol. The number of sulfonamides is 2. The van der Waals surface area contributed by atoms with Crippen LogP contribution in [0.3, 0.4) is 0 Å². The second kappa shape index (κ2) is 5.09. The molecule has 0 saturated carbocycles. The van der Waals surface area contributed by atoms with Crippen LogP contribution in [0.5, 0.6) is 0 Å². The molecule has 0 aliphatic rings. The van der Waals surface area contributed by atoms with E-state index in [0.717, 1.165) is 24.4 Å². The largest absolute Gasteiger partial charge is 0.279 e. The molecule has 0 aliphatic heterocycles. The summed E-state index contributed by atoms with van der Waals surface area (Å²) >= 11 is 0. The predicted molar refractivity (Wildman–Crippen MR) is 71.8 cm³/mol. The molecule has 0 radical (unpaired) electrons. The maximum atomic E-state index is 13.6. The Morgan fingerprint density at radius 3 is 2.43 bits per heavy atom. The lowest BCUT2D eigenvalue weighted by Crippen LogP contribution is -2.15. The fourth-order valence-corrected chi connectivity index (χ4v) is 3.17. The average Bonchev–Trinajstić information content (AvgIpc) is 2.74. The van der Waals surface area contributed by atoms with Crippen LogP contribution in [0.4, 0.5) is 10.1 Å². The predicted octanol–water partition coefficient (Wildman–Crippen LogP) is 0.00740. The molecule has 0 saturated heterocycles. The van der Waals surface area contributed by atoms with Gasteiger partial charge in [0.25, 0.3) is 10.0 Å². The molecule has 21 heavy (non-hydrogen) atoms. The van der Waals surface area contributed by atoms with Crippen LogP contribution in [-0.2, 0) is 27.1 Å². The topological polar surface area (TPSA) is 124 Å². The van der Waals surface area contributed by atoms with Crippen LogP contribution in [-0.4, -0.2) is 26.6 Å². The first-order valence-electron chi connectivity index (χ1n) is 5.43. The number of aromatic nitrogens is 2. The Balaban J connectivity index is 2.35. The molecule has 0 unspecified atom stereocenters. The summed E-state index contributed by atoms with van der Waals surface area (Å²) in [7, 11) is -6.61. The number of hydrogen-bond acceptors (Lipinski definition) is 5. The molecule has 0 aliphatic carbocycles. The molecule has 1 aromatic heterocycles. The van der Waals surface area contributed by atoms with E-state index in [-0.39, 0.29) is 10.6 Å². The summed E-state index contributed by atoms with van der Waals surface area (Å²) in [4.78, 5) is -0.826. The third kappa shape index (κ3) is 3.37. The lowest BCUT2D eigenvalue weighted by atomic mass is 10.3. The van der Waals surface area contributed by atoms with E-state index >= 15 is 0 Å². The number of hydrogen-bond donors (Lipinski definition) is 2. The van der Waals surface area contributed by atoms with Gasteiger partial charge < -0.3 is 0 Å². The van der Waals surface area contributed by atoms with E-state index in [0.29, 0.717) is 0 Å². The highest BCUT2D eigenvalue weighted by molar-refractivity contribution is 7.92. The Morgan fingerprint density at radius 1 is 1.29 bits per heavy atom. The molecule has 1 aromatic carbocycles. The summed E-state index contributed by atoms with van der Waals surface area (Å²) in [6.45, 7) is 0. The van der Waals surface area contributed by atoms with Gasteiger partial charge >= 0.3 is 0 Å². The van der Waals surface area contributed by atoms with Crippen LogP contribution in [0.15, 0.2) is 40.4 Å².